The number of hydrogen-bond donors (Lipinski definition) is 3. The molecule has 4 rings (SSSR count). The number of amides is 1. The zero-order valence-corrected chi connectivity index (χ0v) is 18.0. The van der Waals surface area contributed by atoms with Crippen LogP contribution in [0.25, 0.3) is 22.3 Å². The fourth-order valence-corrected chi connectivity index (χ4v) is 3.76. The van der Waals surface area contributed by atoms with Crippen molar-refractivity contribution in [1.29, 1.82) is 0 Å². The average molecular weight is 458 g/mol. The molecule has 0 radical (unpaired) electrons. The molecule has 0 fully saturated rings. The van der Waals surface area contributed by atoms with E-state index in [0.717, 1.165) is 0 Å². The van der Waals surface area contributed by atoms with Gasteiger partial charge in [-0.2, -0.15) is 5.10 Å². The summed E-state index contributed by atoms with van der Waals surface area (Å²) in [6.07, 6.45) is 0. The second-order valence-electron chi connectivity index (χ2n) is 6.53. The molecule has 8 nitrogen and oxygen atoms in total. The fourth-order valence-electron chi connectivity index (χ4n) is 3.06. The van der Waals surface area contributed by atoms with Crippen molar-refractivity contribution in [2.45, 2.75) is 0 Å². The number of carbonyl (C=O) groups is 1. The molecule has 0 unspecified atom stereocenters. The van der Waals surface area contributed by atoms with E-state index < -0.39 is 0 Å². The van der Waals surface area contributed by atoms with Crippen LogP contribution in [0.5, 0.6) is 11.5 Å². The molecule has 2 heterocycles. The molecule has 4 aromatic rings. The van der Waals surface area contributed by atoms with E-state index in [1.165, 1.54) is 14.2 Å². The highest BCUT2D eigenvalue weighted by molar-refractivity contribution is 6.41. The van der Waals surface area contributed by atoms with E-state index in [4.69, 9.17) is 38.4 Å². The van der Waals surface area contributed by atoms with E-state index in [9.17, 15) is 4.79 Å². The number of aromatic amines is 1. The lowest BCUT2D eigenvalue weighted by molar-refractivity contribution is 0.102. The van der Waals surface area contributed by atoms with E-state index >= 15 is 0 Å². The van der Waals surface area contributed by atoms with Crippen molar-refractivity contribution in [3.05, 3.63) is 58.1 Å². The Morgan fingerprint density at radius 1 is 1.03 bits per heavy atom. The van der Waals surface area contributed by atoms with Crippen LogP contribution in [0.3, 0.4) is 0 Å². The Morgan fingerprint density at radius 3 is 2.29 bits per heavy atom. The molecule has 0 saturated heterocycles. The Hall–Kier alpha value is -3.49. The fraction of sp³-hybridized carbons (Fsp3) is 0.0952. The third-order valence-corrected chi connectivity index (χ3v) is 5.41. The predicted octanol–water partition coefficient (Wildman–Crippen LogP) is 4.78. The summed E-state index contributed by atoms with van der Waals surface area (Å²) in [6.45, 7) is 0. The van der Waals surface area contributed by atoms with Crippen molar-refractivity contribution in [2.75, 3.05) is 25.3 Å². The zero-order valence-electron chi connectivity index (χ0n) is 16.5. The first-order valence-electron chi connectivity index (χ1n) is 9.05. The minimum atomic E-state index is -0.318. The van der Waals surface area contributed by atoms with Crippen molar-refractivity contribution in [1.82, 2.24) is 15.2 Å². The molecule has 0 aliphatic carbocycles. The standard InChI is InChI=1S/C21H17Cl2N5O3/c1-30-14-9-15(31-2)18(23)16(17(14)22)13-8-7-12-19(25-13)27-28-20(12)26-21(29)10-3-5-11(24)6-4-10/h3-9H,24H2,1-2H3,(H2,25,26,27,28,29). The SMILES string of the molecule is COc1cc(OC)c(Cl)c(-c2ccc3c(NC(=O)c4ccc(N)cc4)n[nH]c3n2)c1Cl. The number of ether oxygens (including phenoxy) is 2. The molecule has 0 saturated carbocycles. The highest BCUT2D eigenvalue weighted by atomic mass is 35.5. The van der Waals surface area contributed by atoms with Gasteiger partial charge in [0.1, 0.15) is 11.5 Å². The van der Waals surface area contributed by atoms with Crippen LogP contribution >= 0.6 is 23.2 Å². The summed E-state index contributed by atoms with van der Waals surface area (Å²) < 4.78 is 10.6. The van der Waals surface area contributed by atoms with Gasteiger partial charge in [-0.1, -0.05) is 23.2 Å². The number of carbonyl (C=O) groups excluding carboxylic acids is 1. The van der Waals surface area contributed by atoms with Crippen LogP contribution in [0.1, 0.15) is 10.4 Å². The summed E-state index contributed by atoms with van der Waals surface area (Å²) in [4.78, 5) is 17.1. The van der Waals surface area contributed by atoms with Crippen molar-refractivity contribution in [3.63, 3.8) is 0 Å². The number of H-pyrrole nitrogens is 1. The zero-order chi connectivity index (χ0) is 22.1. The Labute approximate surface area is 187 Å². The molecule has 0 atom stereocenters. The molecule has 10 heteroatoms. The molecule has 1 amide bonds. The van der Waals surface area contributed by atoms with E-state index in [2.05, 4.69) is 20.5 Å². The quantitative estimate of drug-likeness (QED) is 0.371. The van der Waals surface area contributed by atoms with Crippen LogP contribution in [0.2, 0.25) is 10.0 Å². The Morgan fingerprint density at radius 2 is 1.68 bits per heavy atom. The minimum Gasteiger partial charge on any atom is -0.495 e. The molecule has 31 heavy (non-hydrogen) atoms. The van der Waals surface area contributed by atoms with Gasteiger partial charge in [-0.15, -0.1) is 0 Å². The number of rotatable bonds is 5. The molecule has 2 aromatic heterocycles. The lowest BCUT2D eigenvalue weighted by Crippen LogP contribution is -2.12. The molecular formula is C21H17Cl2N5O3. The summed E-state index contributed by atoms with van der Waals surface area (Å²) in [5, 5.41) is 11.0. The highest BCUT2D eigenvalue weighted by Crippen LogP contribution is 2.45. The number of aromatic nitrogens is 3. The molecule has 4 N–H and O–H groups in total. The van der Waals surface area contributed by atoms with Crippen LogP contribution in [0.4, 0.5) is 11.5 Å². The topological polar surface area (TPSA) is 115 Å². The number of nitrogens with two attached hydrogens (primary N) is 1. The maximum Gasteiger partial charge on any atom is 0.256 e. The molecule has 158 valence electrons. The lowest BCUT2D eigenvalue weighted by atomic mass is 10.1. The van der Waals surface area contributed by atoms with Crippen molar-refractivity contribution >= 4 is 51.6 Å². The van der Waals surface area contributed by atoms with E-state index in [-0.39, 0.29) is 5.91 Å². The molecule has 0 bridgehead atoms. The van der Waals surface area contributed by atoms with Gasteiger partial charge in [0.2, 0.25) is 0 Å². The van der Waals surface area contributed by atoms with Crippen LogP contribution < -0.4 is 20.5 Å². The van der Waals surface area contributed by atoms with Gasteiger partial charge in [-0.3, -0.25) is 9.89 Å². The van der Waals surface area contributed by atoms with Crippen LogP contribution in [0, 0.1) is 0 Å². The van der Waals surface area contributed by atoms with E-state index in [0.29, 0.717) is 60.9 Å². The predicted molar refractivity (Wildman–Crippen MR) is 121 cm³/mol. The van der Waals surface area contributed by atoms with Crippen molar-refractivity contribution in [3.8, 4) is 22.8 Å². The van der Waals surface area contributed by atoms with Gasteiger partial charge in [0.25, 0.3) is 5.91 Å². The van der Waals surface area contributed by atoms with Gasteiger partial charge in [-0.25, -0.2) is 4.98 Å². The van der Waals surface area contributed by atoms with Crippen LogP contribution in [0.15, 0.2) is 42.5 Å². The van der Waals surface area contributed by atoms with Crippen molar-refractivity contribution in [2.24, 2.45) is 0 Å². The van der Waals surface area contributed by atoms with Gasteiger partial charge in [0.15, 0.2) is 11.5 Å². The molecule has 2 aromatic carbocycles. The van der Waals surface area contributed by atoms with Crippen molar-refractivity contribution < 1.29 is 14.3 Å². The van der Waals surface area contributed by atoms with Gasteiger partial charge in [0.05, 0.1) is 35.3 Å². The molecular weight excluding hydrogens is 441 g/mol. The summed E-state index contributed by atoms with van der Waals surface area (Å²) in [5.74, 6) is 0.833. The molecule has 0 aliphatic heterocycles. The summed E-state index contributed by atoms with van der Waals surface area (Å²) in [6, 6.07) is 11.7. The first kappa shape index (κ1) is 20.8. The maximum absolute atomic E-state index is 12.5. The minimum absolute atomic E-state index is 0.302. The largest absolute Gasteiger partial charge is 0.495 e. The highest BCUT2D eigenvalue weighted by Gasteiger charge is 2.21. The van der Waals surface area contributed by atoms with E-state index in [1.807, 2.05) is 0 Å². The average Bonchev–Trinajstić information content (AvgIpc) is 3.16. The lowest BCUT2D eigenvalue weighted by Gasteiger charge is -2.14. The Kier molecular flexibility index (Phi) is 5.58. The number of nitrogens with one attached hydrogen (secondary N) is 2. The molecule has 0 spiro atoms. The summed E-state index contributed by atoms with van der Waals surface area (Å²) >= 11 is 13.0. The Bertz CT molecular complexity index is 1260. The third kappa shape index (κ3) is 3.83. The van der Waals surface area contributed by atoms with E-state index in [1.54, 1.807) is 42.5 Å². The maximum atomic E-state index is 12.5. The number of pyridine rings is 1. The van der Waals surface area contributed by atoms with Gasteiger partial charge >= 0.3 is 0 Å². The first-order chi connectivity index (χ1) is 14.9. The van der Waals surface area contributed by atoms with Gasteiger partial charge < -0.3 is 20.5 Å². The number of hydrogen-bond acceptors (Lipinski definition) is 6. The number of methoxy groups -OCH3 is 2. The number of anilines is 2. The second-order valence-corrected chi connectivity index (χ2v) is 7.28. The monoisotopic (exact) mass is 457 g/mol. The second kappa shape index (κ2) is 8.33. The number of halogens is 2. The number of nitrogens with zero attached hydrogens (tertiary/aromatic N) is 2. The Balaban J connectivity index is 1.71. The van der Waals surface area contributed by atoms with Crippen LogP contribution in [-0.2, 0) is 0 Å². The normalized spacial score (nSPS) is 10.8. The third-order valence-electron chi connectivity index (χ3n) is 4.66. The smallest absolute Gasteiger partial charge is 0.256 e. The molecule has 0 aliphatic rings. The van der Waals surface area contributed by atoms with Crippen LogP contribution in [-0.4, -0.2) is 35.3 Å². The van der Waals surface area contributed by atoms with Gasteiger partial charge in [0, 0.05) is 22.9 Å². The summed E-state index contributed by atoms with van der Waals surface area (Å²) in [7, 11) is 3.00. The first-order valence-corrected chi connectivity index (χ1v) is 9.81. The summed E-state index contributed by atoms with van der Waals surface area (Å²) in [5.41, 5.74) is 8.09. The number of fused-ring (bicyclic) bond motifs is 1. The van der Waals surface area contributed by atoms with Gasteiger partial charge in [-0.05, 0) is 36.4 Å². The number of nitrogen functional groups attached to an aromatic ring is 1. The number of benzene rings is 2.